The quantitative estimate of drug-likeness (QED) is 0.649. The minimum absolute atomic E-state index is 0.751. The fraction of sp³-hybridized carbons (Fsp3) is 0. The molecular formula is C8H6N2S. The van der Waals surface area contributed by atoms with Crippen LogP contribution in [0.3, 0.4) is 0 Å². The monoisotopic (exact) mass is 162 g/mol. The van der Waals surface area contributed by atoms with E-state index < -0.39 is 0 Å². The summed E-state index contributed by atoms with van der Waals surface area (Å²) in [6.45, 7) is 0. The van der Waals surface area contributed by atoms with Crippen molar-refractivity contribution in [2.24, 2.45) is 0 Å². The maximum Gasteiger partial charge on any atom is 0.142 e. The van der Waals surface area contributed by atoms with Gasteiger partial charge in [-0.3, -0.25) is 0 Å². The molecule has 0 amide bonds. The van der Waals surface area contributed by atoms with Gasteiger partial charge < -0.3 is 4.98 Å². The van der Waals surface area contributed by atoms with Gasteiger partial charge in [-0.1, -0.05) is 24.4 Å². The number of nitrogens with zero attached hydrogens (tertiary/aromatic N) is 1. The van der Waals surface area contributed by atoms with E-state index in [1.54, 1.807) is 5.37 Å². The Morgan fingerprint density at radius 1 is 1.36 bits per heavy atom. The molecule has 0 spiro atoms. The Balaban J connectivity index is 2.78. The van der Waals surface area contributed by atoms with Gasteiger partial charge >= 0.3 is 0 Å². The van der Waals surface area contributed by atoms with Crippen molar-refractivity contribution in [2.75, 3.05) is 0 Å². The Hall–Kier alpha value is -1.22. The molecule has 2 aromatic rings. The SMILES string of the molecule is S=Cc1nc2ccccc2[nH]1. The maximum atomic E-state index is 4.74. The summed E-state index contributed by atoms with van der Waals surface area (Å²) in [5, 5.41) is 1.54. The van der Waals surface area contributed by atoms with E-state index in [-0.39, 0.29) is 0 Å². The molecule has 1 aromatic heterocycles. The number of rotatable bonds is 1. The number of para-hydroxylation sites is 2. The van der Waals surface area contributed by atoms with Crippen molar-refractivity contribution in [3.05, 3.63) is 30.1 Å². The predicted molar refractivity (Wildman–Crippen MR) is 48.9 cm³/mol. The molecule has 0 radical (unpaired) electrons. The molecule has 11 heavy (non-hydrogen) atoms. The molecule has 0 bridgehead atoms. The lowest BCUT2D eigenvalue weighted by Gasteiger charge is -1.81. The van der Waals surface area contributed by atoms with E-state index in [9.17, 15) is 0 Å². The first-order valence-electron chi connectivity index (χ1n) is 3.30. The number of nitrogens with one attached hydrogen (secondary N) is 1. The summed E-state index contributed by atoms with van der Waals surface area (Å²) in [6.07, 6.45) is 0. The van der Waals surface area contributed by atoms with Gasteiger partial charge in [-0.25, -0.2) is 4.98 Å². The topological polar surface area (TPSA) is 28.7 Å². The second-order valence-electron chi connectivity index (χ2n) is 2.26. The van der Waals surface area contributed by atoms with Crippen LogP contribution in [-0.2, 0) is 0 Å². The Kier molecular flexibility index (Phi) is 1.43. The molecule has 1 heterocycles. The van der Waals surface area contributed by atoms with Gasteiger partial charge in [0.25, 0.3) is 0 Å². The van der Waals surface area contributed by atoms with Gasteiger partial charge in [0.15, 0.2) is 0 Å². The van der Waals surface area contributed by atoms with E-state index in [0.717, 1.165) is 16.9 Å². The molecule has 2 nitrogen and oxygen atoms in total. The highest BCUT2D eigenvalue weighted by atomic mass is 32.1. The van der Waals surface area contributed by atoms with Crippen LogP contribution in [0, 0.1) is 0 Å². The van der Waals surface area contributed by atoms with Crippen molar-refractivity contribution in [2.45, 2.75) is 0 Å². The minimum atomic E-state index is 0.751. The lowest BCUT2D eigenvalue weighted by molar-refractivity contribution is 1.32. The molecular weight excluding hydrogens is 156 g/mol. The van der Waals surface area contributed by atoms with E-state index in [1.165, 1.54) is 0 Å². The summed E-state index contributed by atoms with van der Waals surface area (Å²) in [4.78, 5) is 7.29. The van der Waals surface area contributed by atoms with Crippen molar-refractivity contribution in [3.63, 3.8) is 0 Å². The molecule has 0 aliphatic carbocycles. The molecule has 0 saturated carbocycles. The van der Waals surface area contributed by atoms with E-state index in [4.69, 9.17) is 12.2 Å². The number of H-pyrrole nitrogens is 1. The number of aromatic amines is 1. The number of aromatic nitrogens is 2. The number of benzene rings is 1. The van der Waals surface area contributed by atoms with Gasteiger partial charge in [-0.15, -0.1) is 0 Å². The third-order valence-corrected chi connectivity index (χ3v) is 1.74. The summed E-state index contributed by atoms with van der Waals surface area (Å²) in [6, 6.07) is 7.85. The van der Waals surface area contributed by atoms with Crippen LogP contribution in [0.1, 0.15) is 5.82 Å². The number of hydrogen-bond donors (Lipinski definition) is 1. The van der Waals surface area contributed by atoms with E-state index in [1.807, 2.05) is 24.3 Å². The average Bonchev–Trinajstić information content (AvgIpc) is 2.46. The summed E-state index contributed by atoms with van der Waals surface area (Å²) >= 11 is 4.74. The third-order valence-electron chi connectivity index (χ3n) is 1.52. The highest BCUT2D eigenvalue weighted by Gasteiger charge is 1.96. The lowest BCUT2D eigenvalue weighted by Crippen LogP contribution is -1.77. The summed E-state index contributed by atoms with van der Waals surface area (Å²) in [7, 11) is 0. The molecule has 0 aliphatic heterocycles. The Morgan fingerprint density at radius 3 is 2.91 bits per heavy atom. The van der Waals surface area contributed by atoms with Crippen LogP contribution in [0.15, 0.2) is 24.3 Å². The molecule has 0 atom stereocenters. The van der Waals surface area contributed by atoms with Crippen LogP contribution >= 0.6 is 12.2 Å². The second-order valence-corrected chi connectivity index (χ2v) is 2.49. The Bertz CT molecular complexity index is 359. The van der Waals surface area contributed by atoms with Crippen molar-refractivity contribution < 1.29 is 0 Å². The second kappa shape index (κ2) is 2.43. The van der Waals surface area contributed by atoms with E-state index in [0.29, 0.717) is 0 Å². The van der Waals surface area contributed by atoms with Crippen LogP contribution in [0.2, 0.25) is 0 Å². The smallest absolute Gasteiger partial charge is 0.142 e. The molecule has 3 heteroatoms. The molecule has 0 unspecified atom stereocenters. The fourth-order valence-corrected chi connectivity index (χ4v) is 1.14. The van der Waals surface area contributed by atoms with Gasteiger partial charge in [0, 0.05) is 5.37 Å². The molecule has 0 fully saturated rings. The molecule has 0 aliphatic rings. The van der Waals surface area contributed by atoms with Gasteiger partial charge in [-0.2, -0.15) is 0 Å². The zero-order chi connectivity index (χ0) is 7.68. The summed E-state index contributed by atoms with van der Waals surface area (Å²) in [5.41, 5.74) is 1.99. The van der Waals surface area contributed by atoms with Crippen LogP contribution in [0.5, 0.6) is 0 Å². The van der Waals surface area contributed by atoms with Gasteiger partial charge in [0.2, 0.25) is 0 Å². The Labute approximate surface area is 69.3 Å². The molecule has 1 N–H and O–H groups in total. The van der Waals surface area contributed by atoms with Gasteiger partial charge in [0.1, 0.15) is 5.82 Å². The molecule has 1 aromatic carbocycles. The molecule has 2 rings (SSSR count). The van der Waals surface area contributed by atoms with Crippen molar-refractivity contribution >= 4 is 28.6 Å². The number of fused-ring (bicyclic) bond motifs is 1. The Morgan fingerprint density at radius 2 is 2.18 bits per heavy atom. The van der Waals surface area contributed by atoms with Crippen LogP contribution in [0.25, 0.3) is 11.0 Å². The first-order valence-corrected chi connectivity index (χ1v) is 3.77. The van der Waals surface area contributed by atoms with E-state index in [2.05, 4.69) is 9.97 Å². The summed E-state index contributed by atoms with van der Waals surface area (Å²) < 4.78 is 0. The van der Waals surface area contributed by atoms with E-state index >= 15 is 0 Å². The number of hydrogen-bond acceptors (Lipinski definition) is 2. The molecule has 54 valence electrons. The van der Waals surface area contributed by atoms with Gasteiger partial charge in [0.05, 0.1) is 11.0 Å². The largest absolute Gasteiger partial charge is 0.338 e. The highest BCUT2D eigenvalue weighted by Crippen LogP contribution is 2.08. The fourth-order valence-electron chi connectivity index (χ4n) is 1.03. The van der Waals surface area contributed by atoms with Crippen LogP contribution < -0.4 is 0 Å². The maximum absolute atomic E-state index is 4.74. The lowest BCUT2D eigenvalue weighted by atomic mass is 10.3. The van der Waals surface area contributed by atoms with Crippen LogP contribution in [-0.4, -0.2) is 15.3 Å². The van der Waals surface area contributed by atoms with Gasteiger partial charge in [-0.05, 0) is 12.1 Å². The van der Waals surface area contributed by atoms with Crippen LogP contribution in [0.4, 0.5) is 0 Å². The predicted octanol–water partition coefficient (Wildman–Crippen LogP) is 1.91. The zero-order valence-electron chi connectivity index (χ0n) is 5.74. The zero-order valence-corrected chi connectivity index (χ0v) is 6.56. The highest BCUT2D eigenvalue weighted by molar-refractivity contribution is 7.79. The van der Waals surface area contributed by atoms with Crippen molar-refractivity contribution in [1.82, 2.24) is 9.97 Å². The minimum Gasteiger partial charge on any atom is -0.338 e. The third kappa shape index (κ3) is 1.03. The first-order chi connectivity index (χ1) is 5.40. The summed E-state index contributed by atoms with van der Waals surface area (Å²) in [5.74, 6) is 0.751. The normalized spacial score (nSPS) is 10.2. The number of thiocarbonyl (C=S) groups is 1. The standard InChI is InChI=1S/C8H6N2S/c11-5-8-9-6-3-1-2-4-7(6)10-8/h1-5H,(H,9,10). The molecule has 0 saturated heterocycles. The first kappa shape index (κ1) is 6.49. The van der Waals surface area contributed by atoms with Crippen molar-refractivity contribution in [3.8, 4) is 0 Å². The number of imidazole rings is 1. The average molecular weight is 162 g/mol. The van der Waals surface area contributed by atoms with Crippen molar-refractivity contribution in [1.29, 1.82) is 0 Å².